The van der Waals surface area contributed by atoms with E-state index < -0.39 is 17.2 Å². The van der Waals surface area contributed by atoms with E-state index in [4.69, 9.17) is 23.2 Å². The molecule has 5 heteroatoms. The maximum Gasteiger partial charge on any atom is 0.126 e. The Bertz CT molecular complexity index is 306. The molecule has 0 unspecified atom stereocenters. The monoisotopic (exact) mass is 240 g/mol. The third-order valence-electron chi connectivity index (χ3n) is 1.84. The lowest BCUT2D eigenvalue weighted by molar-refractivity contribution is 0.0854. The van der Waals surface area contributed by atoms with Crippen LogP contribution in [0.1, 0.15) is 5.56 Å². The molecule has 0 saturated heterocycles. The van der Waals surface area contributed by atoms with Crippen molar-refractivity contribution in [3.63, 3.8) is 0 Å². The summed E-state index contributed by atoms with van der Waals surface area (Å²) in [6.45, 7) is 0. The van der Waals surface area contributed by atoms with Crippen LogP contribution in [-0.2, 0) is 5.60 Å². The van der Waals surface area contributed by atoms with Gasteiger partial charge in [-0.2, -0.15) is 0 Å². The summed E-state index contributed by atoms with van der Waals surface area (Å²) >= 11 is 10.9. The second-order valence-electron chi connectivity index (χ2n) is 2.96. The number of halogens is 4. The Hall–Kier alpha value is -0.380. The molecular weight excluding hydrogens is 233 g/mol. The molecule has 78 valence electrons. The molecule has 0 heterocycles. The van der Waals surface area contributed by atoms with Crippen LogP contribution in [0, 0.1) is 11.6 Å². The van der Waals surface area contributed by atoms with Crippen molar-refractivity contribution in [1.29, 1.82) is 0 Å². The van der Waals surface area contributed by atoms with Crippen LogP contribution < -0.4 is 0 Å². The molecule has 1 aromatic rings. The van der Waals surface area contributed by atoms with Crippen LogP contribution >= 0.6 is 23.2 Å². The number of hydrogen-bond donors (Lipinski definition) is 1. The third-order valence-corrected chi connectivity index (χ3v) is 2.73. The summed E-state index contributed by atoms with van der Waals surface area (Å²) in [7, 11) is 0. The molecular formula is C9H8Cl2F2O. The topological polar surface area (TPSA) is 20.2 Å². The molecule has 0 bridgehead atoms. The van der Waals surface area contributed by atoms with Gasteiger partial charge >= 0.3 is 0 Å². The minimum atomic E-state index is -1.59. The Labute approximate surface area is 90.3 Å². The maximum atomic E-state index is 12.8. The van der Waals surface area contributed by atoms with Crippen LogP contribution in [0.3, 0.4) is 0 Å². The average molecular weight is 241 g/mol. The predicted molar refractivity (Wildman–Crippen MR) is 51.7 cm³/mol. The molecule has 1 rings (SSSR count). The number of hydrogen-bond acceptors (Lipinski definition) is 1. The fourth-order valence-electron chi connectivity index (χ4n) is 1.01. The largest absolute Gasteiger partial charge is 0.383 e. The molecule has 0 radical (unpaired) electrons. The quantitative estimate of drug-likeness (QED) is 0.806. The molecule has 1 nitrogen and oxygen atoms in total. The van der Waals surface area contributed by atoms with Crippen molar-refractivity contribution >= 4 is 23.2 Å². The minimum Gasteiger partial charge on any atom is -0.383 e. The van der Waals surface area contributed by atoms with Gasteiger partial charge in [0.25, 0.3) is 0 Å². The predicted octanol–water partition coefficient (Wildman–Crippen LogP) is 2.63. The first-order chi connectivity index (χ1) is 6.51. The number of rotatable bonds is 3. The second kappa shape index (κ2) is 4.43. The van der Waals surface area contributed by atoms with Crippen molar-refractivity contribution in [3.8, 4) is 0 Å². The molecule has 0 spiro atoms. The van der Waals surface area contributed by atoms with Gasteiger partial charge in [-0.1, -0.05) is 0 Å². The van der Waals surface area contributed by atoms with Crippen LogP contribution in [0.15, 0.2) is 18.2 Å². The normalized spacial score (nSPS) is 11.8. The van der Waals surface area contributed by atoms with Gasteiger partial charge in [0.05, 0.1) is 11.8 Å². The minimum absolute atomic E-state index is 0.0417. The highest BCUT2D eigenvalue weighted by Gasteiger charge is 2.28. The summed E-state index contributed by atoms with van der Waals surface area (Å²) in [6, 6.07) is 2.73. The zero-order valence-electron chi connectivity index (χ0n) is 7.11. The zero-order valence-corrected chi connectivity index (χ0v) is 8.62. The van der Waals surface area contributed by atoms with Crippen molar-refractivity contribution < 1.29 is 13.9 Å². The lowest BCUT2D eigenvalue weighted by atomic mass is 9.98. The molecule has 14 heavy (non-hydrogen) atoms. The zero-order chi connectivity index (χ0) is 10.8. The van der Waals surface area contributed by atoms with Gasteiger partial charge in [0, 0.05) is 6.07 Å². The van der Waals surface area contributed by atoms with Crippen molar-refractivity contribution in [2.75, 3.05) is 11.8 Å². The van der Waals surface area contributed by atoms with Gasteiger partial charge < -0.3 is 5.11 Å². The van der Waals surface area contributed by atoms with Crippen molar-refractivity contribution in [1.82, 2.24) is 0 Å². The Balaban J connectivity index is 3.17. The van der Waals surface area contributed by atoms with E-state index in [9.17, 15) is 13.9 Å². The fraction of sp³-hybridized carbons (Fsp3) is 0.333. The molecule has 0 fully saturated rings. The van der Waals surface area contributed by atoms with Gasteiger partial charge in [0.1, 0.15) is 17.2 Å². The molecule has 0 atom stereocenters. The van der Waals surface area contributed by atoms with E-state index in [1.54, 1.807) is 0 Å². The van der Waals surface area contributed by atoms with Gasteiger partial charge in [0.2, 0.25) is 0 Å². The fourth-order valence-corrected chi connectivity index (χ4v) is 1.61. The summed E-state index contributed by atoms with van der Waals surface area (Å²) in [5, 5.41) is 9.75. The van der Waals surface area contributed by atoms with Crippen LogP contribution in [0.4, 0.5) is 8.78 Å². The molecule has 0 aromatic heterocycles. The Kier molecular flexibility index (Phi) is 3.70. The van der Waals surface area contributed by atoms with Crippen LogP contribution in [0.5, 0.6) is 0 Å². The summed E-state index contributed by atoms with van der Waals surface area (Å²) in [5.74, 6) is -1.99. The smallest absolute Gasteiger partial charge is 0.126 e. The maximum absolute atomic E-state index is 12.8. The van der Waals surface area contributed by atoms with E-state index in [-0.39, 0.29) is 17.3 Å². The first-order valence-electron chi connectivity index (χ1n) is 3.83. The molecule has 0 aliphatic carbocycles. The van der Waals surface area contributed by atoms with Gasteiger partial charge in [-0.15, -0.1) is 23.2 Å². The number of alkyl halides is 2. The lowest BCUT2D eigenvalue weighted by Crippen LogP contribution is -2.30. The molecule has 0 saturated carbocycles. The van der Waals surface area contributed by atoms with Gasteiger partial charge in [-0.25, -0.2) is 8.78 Å². The van der Waals surface area contributed by atoms with Gasteiger partial charge in [-0.05, 0) is 17.7 Å². The van der Waals surface area contributed by atoms with E-state index in [0.29, 0.717) is 6.07 Å². The van der Waals surface area contributed by atoms with Crippen LogP contribution in [-0.4, -0.2) is 16.9 Å². The summed E-state index contributed by atoms with van der Waals surface area (Å²) in [4.78, 5) is 0. The van der Waals surface area contributed by atoms with Gasteiger partial charge in [-0.3, -0.25) is 0 Å². The van der Waals surface area contributed by atoms with E-state index in [1.165, 1.54) is 0 Å². The summed E-state index contributed by atoms with van der Waals surface area (Å²) < 4.78 is 25.6. The summed E-state index contributed by atoms with van der Waals surface area (Å²) in [5.41, 5.74) is -1.55. The van der Waals surface area contributed by atoms with E-state index in [2.05, 4.69) is 0 Å². The van der Waals surface area contributed by atoms with Crippen LogP contribution in [0.2, 0.25) is 0 Å². The lowest BCUT2D eigenvalue weighted by Gasteiger charge is -2.23. The number of benzene rings is 1. The van der Waals surface area contributed by atoms with E-state index in [1.807, 2.05) is 0 Å². The standard InChI is InChI=1S/C9H8Cl2F2O/c10-4-9(14,5-11)6-1-7(12)3-8(13)2-6/h1-3,14H,4-5H2. The Morgan fingerprint density at radius 2 is 1.50 bits per heavy atom. The van der Waals surface area contributed by atoms with Crippen molar-refractivity contribution in [2.24, 2.45) is 0 Å². The van der Waals surface area contributed by atoms with Crippen LogP contribution in [0.25, 0.3) is 0 Å². The molecule has 1 aromatic carbocycles. The first-order valence-corrected chi connectivity index (χ1v) is 4.89. The van der Waals surface area contributed by atoms with Crippen molar-refractivity contribution in [2.45, 2.75) is 5.60 Å². The van der Waals surface area contributed by atoms with E-state index >= 15 is 0 Å². The molecule has 0 amide bonds. The third kappa shape index (κ3) is 2.35. The Morgan fingerprint density at radius 3 is 1.86 bits per heavy atom. The van der Waals surface area contributed by atoms with E-state index in [0.717, 1.165) is 12.1 Å². The SMILES string of the molecule is OC(CCl)(CCl)c1cc(F)cc(F)c1. The first kappa shape index (κ1) is 11.7. The molecule has 0 aliphatic heterocycles. The second-order valence-corrected chi connectivity index (χ2v) is 3.49. The van der Waals surface area contributed by atoms with Crippen molar-refractivity contribution in [3.05, 3.63) is 35.4 Å². The highest BCUT2D eigenvalue weighted by atomic mass is 35.5. The highest BCUT2D eigenvalue weighted by molar-refractivity contribution is 6.21. The molecule has 1 N–H and O–H groups in total. The van der Waals surface area contributed by atoms with Gasteiger partial charge in [0.15, 0.2) is 0 Å². The number of aliphatic hydroxyl groups is 1. The molecule has 0 aliphatic rings. The highest BCUT2D eigenvalue weighted by Crippen LogP contribution is 2.25. The summed E-state index contributed by atoms with van der Waals surface area (Å²) in [6.07, 6.45) is 0. The Morgan fingerprint density at radius 1 is 1.07 bits per heavy atom. The average Bonchev–Trinajstić information content (AvgIpc) is 2.15.